The molecule has 0 unspecified atom stereocenters. The molecule has 0 bridgehead atoms. The number of hydrogen-bond acceptors (Lipinski definition) is 3. The van der Waals surface area contributed by atoms with Crippen LogP contribution < -0.4 is 5.32 Å². The fraction of sp³-hybridized carbons (Fsp3) is 0.222. The van der Waals surface area contributed by atoms with Crippen molar-refractivity contribution < 1.29 is 18.7 Å². The molecule has 0 spiro atoms. The first-order valence-electron chi connectivity index (χ1n) is 7.56. The van der Waals surface area contributed by atoms with Gasteiger partial charge < -0.3 is 10.1 Å². The van der Waals surface area contributed by atoms with Gasteiger partial charge in [-0.05, 0) is 47.0 Å². The van der Waals surface area contributed by atoms with Crippen molar-refractivity contribution in [1.82, 2.24) is 5.32 Å². The van der Waals surface area contributed by atoms with Gasteiger partial charge in [-0.25, -0.2) is 9.18 Å². The SMILES string of the molecule is O=C(O[C@@H](C(=O)NC1CC1)c1ccccc1)c1cc(F)ccc1Br. The monoisotopic (exact) mass is 391 g/mol. The van der Waals surface area contributed by atoms with Gasteiger partial charge in [0.1, 0.15) is 5.82 Å². The first kappa shape index (κ1) is 16.6. The fourth-order valence-electron chi connectivity index (χ4n) is 2.23. The Labute approximate surface area is 147 Å². The predicted molar refractivity (Wildman–Crippen MR) is 89.9 cm³/mol. The second kappa shape index (κ2) is 7.13. The molecular formula is C18H15BrFNO3. The van der Waals surface area contributed by atoms with Gasteiger partial charge in [-0.15, -0.1) is 0 Å². The Morgan fingerprint density at radius 1 is 1.17 bits per heavy atom. The van der Waals surface area contributed by atoms with Gasteiger partial charge in [-0.3, -0.25) is 4.79 Å². The van der Waals surface area contributed by atoms with Gasteiger partial charge in [0, 0.05) is 16.1 Å². The molecule has 1 amide bonds. The summed E-state index contributed by atoms with van der Waals surface area (Å²) < 4.78 is 19.2. The largest absolute Gasteiger partial charge is 0.444 e. The molecule has 0 saturated heterocycles. The molecule has 1 N–H and O–H groups in total. The van der Waals surface area contributed by atoms with Crippen LogP contribution in [0.1, 0.15) is 34.9 Å². The summed E-state index contributed by atoms with van der Waals surface area (Å²) in [4.78, 5) is 24.8. The molecule has 0 heterocycles. The minimum absolute atomic E-state index is 0.0372. The molecule has 24 heavy (non-hydrogen) atoms. The number of hydrogen-bond donors (Lipinski definition) is 1. The molecule has 0 aliphatic heterocycles. The molecular weight excluding hydrogens is 377 g/mol. The average Bonchev–Trinajstić information content (AvgIpc) is 3.39. The Hall–Kier alpha value is -2.21. The number of nitrogens with one attached hydrogen (secondary N) is 1. The zero-order valence-electron chi connectivity index (χ0n) is 12.7. The number of carbonyl (C=O) groups is 2. The summed E-state index contributed by atoms with van der Waals surface area (Å²) in [6, 6.07) is 12.6. The highest BCUT2D eigenvalue weighted by atomic mass is 79.9. The lowest BCUT2D eigenvalue weighted by Gasteiger charge is -2.18. The van der Waals surface area contributed by atoms with E-state index in [0.29, 0.717) is 10.0 Å². The third-order valence-electron chi connectivity index (χ3n) is 3.64. The van der Waals surface area contributed by atoms with Crippen LogP contribution in [0.3, 0.4) is 0 Å². The summed E-state index contributed by atoms with van der Waals surface area (Å²) in [5, 5.41) is 2.83. The molecule has 2 aromatic carbocycles. The molecule has 0 radical (unpaired) electrons. The number of amides is 1. The average molecular weight is 392 g/mol. The van der Waals surface area contributed by atoms with Crippen molar-refractivity contribution >= 4 is 27.8 Å². The highest BCUT2D eigenvalue weighted by Gasteiger charge is 2.31. The Balaban J connectivity index is 1.84. The zero-order valence-corrected chi connectivity index (χ0v) is 14.3. The van der Waals surface area contributed by atoms with E-state index in [0.717, 1.165) is 18.9 Å². The second-order valence-corrected chi connectivity index (χ2v) is 6.46. The van der Waals surface area contributed by atoms with Crippen molar-refractivity contribution in [2.45, 2.75) is 25.0 Å². The maximum absolute atomic E-state index is 13.4. The van der Waals surface area contributed by atoms with Gasteiger partial charge in [0.2, 0.25) is 6.10 Å². The van der Waals surface area contributed by atoms with Gasteiger partial charge >= 0.3 is 5.97 Å². The van der Waals surface area contributed by atoms with Crippen molar-refractivity contribution in [1.29, 1.82) is 0 Å². The van der Waals surface area contributed by atoms with Crippen molar-refractivity contribution in [3.05, 3.63) is 69.9 Å². The summed E-state index contributed by atoms with van der Waals surface area (Å²) in [5.41, 5.74) is 0.603. The van der Waals surface area contributed by atoms with Crippen molar-refractivity contribution in [3.63, 3.8) is 0 Å². The van der Waals surface area contributed by atoms with E-state index in [1.165, 1.54) is 12.1 Å². The summed E-state index contributed by atoms with van der Waals surface area (Å²) in [6.45, 7) is 0. The van der Waals surface area contributed by atoms with Crippen molar-refractivity contribution in [2.75, 3.05) is 0 Å². The molecule has 4 nitrogen and oxygen atoms in total. The number of esters is 1. The normalized spacial score (nSPS) is 14.8. The van der Waals surface area contributed by atoms with Crippen LogP contribution in [-0.4, -0.2) is 17.9 Å². The maximum Gasteiger partial charge on any atom is 0.340 e. The van der Waals surface area contributed by atoms with Crippen LogP contribution in [0.15, 0.2) is 53.0 Å². The topological polar surface area (TPSA) is 55.4 Å². The van der Waals surface area contributed by atoms with E-state index >= 15 is 0 Å². The van der Waals surface area contributed by atoms with Gasteiger partial charge in [0.15, 0.2) is 0 Å². The highest BCUT2D eigenvalue weighted by Crippen LogP contribution is 2.26. The summed E-state index contributed by atoms with van der Waals surface area (Å²) in [5.74, 6) is -1.69. The molecule has 124 valence electrons. The van der Waals surface area contributed by atoms with Gasteiger partial charge in [-0.1, -0.05) is 30.3 Å². The number of rotatable bonds is 5. The third-order valence-corrected chi connectivity index (χ3v) is 4.33. The van der Waals surface area contributed by atoms with Crippen LogP contribution >= 0.6 is 15.9 Å². The lowest BCUT2D eigenvalue weighted by atomic mass is 10.1. The minimum Gasteiger partial charge on any atom is -0.444 e. The Morgan fingerprint density at radius 3 is 2.54 bits per heavy atom. The predicted octanol–water partition coefficient (Wildman–Crippen LogP) is 3.76. The van der Waals surface area contributed by atoms with Crippen LogP contribution in [0.4, 0.5) is 4.39 Å². The van der Waals surface area contributed by atoms with Crippen LogP contribution in [0.5, 0.6) is 0 Å². The quantitative estimate of drug-likeness (QED) is 0.789. The summed E-state index contributed by atoms with van der Waals surface area (Å²) in [6.07, 6.45) is 0.780. The zero-order chi connectivity index (χ0) is 17.1. The Morgan fingerprint density at radius 2 is 1.88 bits per heavy atom. The minimum atomic E-state index is -1.07. The van der Waals surface area contributed by atoms with Crippen LogP contribution in [0.2, 0.25) is 0 Å². The van der Waals surface area contributed by atoms with Gasteiger partial charge in [0.05, 0.1) is 5.56 Å². The molecule has 0 aromatic heterocycles. The smallest absolute Gasteiger partial charge is 0.340 e. The van der Waals surface area contributed by atoms with Crippen LogP contribution in [0, 0.1) is 5.82 Å². The van der Waals surface area contributed by atoms with Crippen LogP contribution in [-0.2, 0) is 9.53 Å². The highest BCUT2D eigenvalue weighted by molar-refractivity contribution is 9.10. The lowest BCUT2D eigenvalue weighted by Crippen LogP contribution is -2.33. The lowest BCUT2D eigenvalue weighted by molar-refractivity contribution is -0.130. The van der Waals surface area contributed by atoms with E-state index in [1.54, 1.807) is 24.3 Å². The van der Waals surface area contributed by atoms with E-state index in [1.807, 2.05) is 6.07 Å². The van der Waals surface area contributed by atoms with E-state index in [2.05, 4.69) is 21.2 Å². The van der Waals surface area contributed by atoms with E-state index in [4.69, 9.17) is 4.74 Å². The molecule has 6 heteroatoms. The maximum atomic E-state index is 13.4. The third kappa shape index (κ3) is 4.00. The first-order valence-corrected chi connectivity index (χ1v) is 8.35. The van der Waals surface area contributed by atoms with Gasteiger partial charge in [0.25, 0.3) is 5.91 Å². The number of ether oxygens (including phenoxy) is 1. The number of halogens is 2. The van der Waals surface area contributed by atoms with Crippen molar-refractivity contribution in [2.24, 2.45) is 0 Å². The number of benzene rings is 2. The van der Waals surface area contributed by atoms with E-state index in [-0.39, 0.29) is 17.5 Å². The van der Waals surface area contributed by atoms with E-state index < -0.39 is 17.9 Å². The molecule has 1 aliphatic carbocycles. The van der Waals surface area contributed by atoms with E-state index in [9.17, 15) is 14.0 Å². The first-order chi connectivity index (χ1) is 11.5. The molecule has 1 fully saturated rings. The fourth-order valence-corrected chi connectivity index (χ4v) is 2.64. The molecule has 2 aromatic rings. The molecule has 1 saturated carbocycles. The standard InChI is InChI=1S/C18H15BrFNO3/c19-15-9-6-12(20)10-14(15)18(23)24-16(11-4-2-1-3-5-11)17(22)21-13-7-8-13/h1-6,9-10,13,16H,7-8H2,(H,21,22)/t16-/m1/s1. The summed E-state index contributed by atoms with van der Waals surface area (Å²) in [7, 11) is 0. The molecule has 1 aliphatic rings. The molecule has 3 rings (SSSR count). The van der Waals surface area contributed by atoms with Crippen molar-refractivity contribution in [3.8, 4) is 0 Å². The second-order valence-electron chi connectivity index (χ2n) is 5.60. The summed E-state index contributed by atoms with van der Waals surface area (Å²) >= 11 is 3.20. The van der Waals surface area contributed by atoms with Gasteiger partial charge in [-0.2, -0.15) is 0 Å². The molecule has 1 atom stereocenters. The number of carbonyl (C=O) groups excluding carboxylic acids is 2. The van der Waals surface area contributed by atoms with Crippen LogP contribution in [0.25, 0.3) is 0 Å². The Kier molecular flexibility index (Phi) is 4.94. The Bertz CT molecular complexity index is 762.